The molecular formula is C18H17F4N3O2. The third-order valence-corrected chi connectivity index (χ3v) is 4.90. The van der Waals surface area contributed by atoms with Crippen LogP contribution in [-0.2, 0) is 13.2 Å². The molecule has 1 saturated carbocycles. The molecule has 2 aliphatic rings. The number of amides is 1. The van der Waals surface area contributed by atoms with Gasteiger partial charge in [-0.15, -0.1) is 0 Å². The summed E-state index contributed by atoms with van der Waals surface area (Å²) >= 11 is 0. The third kappa shape index (κ3) is 3.77. The summed E-state index contributed by atoms with van der Waals surface area (Å²) in [6.07, 6.45) is -4.11. The number of carbonyl (C=O) groups excluding carboxylic acids is 1. The van der Waals surface area contributed by atoms with Gasteiger partial charge in [0, 0.05) is 19.2 Å². The van der Waals surface area contributed by atoms with Crippen molar-refractivity contribution in [1.29, 1.82) is 0 Å². The Balaban J connectivity index is 1.39. The molecule has 9 heteroatoms. The number of alkyl halides is 3. The van der Waals surface area contributed by atoms with Gasteiger partial charge in [-0.2, -0.15) is 18.3 Å². The molecule has 1 fully saturated rings. The van der Waals surface area contributed by atoms with Gasteiger partial charge < -0.3 is 9.64 Å². The maximum Gasteiger partial charge on any atom is 0.392 e. The van der Waals surface area contributed by atoms with E-state index in [1.165, 1.54) is 27.8 Å². The van der Waals surface area contributed by atoms with Crippen molar-refractivity contribution in [3.05, 3.63) is 47.5 Å². The highest BCUT2D eigenvalue weighted by molar-refractivity contribution is 5.93. The standard InChI is InChI=1S/C18H17F4N3O2/c19-12-2-1-3-14(7-12)27-10-13-8-16-17(26)24(4-5-25(16)23-13)9-11-6-15(11)18(20,21)22/h1-3,7-8,11,15H,4-6,9-10H2. The van der Waals surface area contributed by atoms with Gasteiger partial charge in [0.25, 0.3) is 5.91 Å². The molecule has 2 aromatic rings. The molecular weight excluding hydrogens is 366 g/mol. The van der Waals surface area contributed by atoms with E-state index in [1.54, 1.807) is 12.1 Å². The van der Waals surface area contributed by atoms with Crippen molar-refractivity contribution in [3.63, 3.8) is 0 Å². The van der Waals surface area contributed by atoms with Crippen molar-refractivity contribution in [2.45, 2.75) is 25.7 Å². The summed E-state index contributed by atoms with van der Waals surface area (Å²) in [6, 6.07) is 7.26. The van der Waals surface area contributed by atoms with Gasteiger partial charge in [0.1, 0.15) is 29.6 Å². The van der Waals surface area contributed by atoms with E-state index in [0.29, 0.717) is 30.2 Å². The second kappa shape index (κ2) is 6.54. The fraction of sp³-hybridized carbons (Fsp3) is 0.444. The van der Waals surface area contributed by atoms with Crippen LogP contribution in [0.3, 0.4) is 0 Å². The molecule has 27 heavy (non-hydrogen) atoms. The molecule has 5 nitrogen and oxygen atoms in total. The van der Waals surface area contributed by atoms with Crippen LogP contribution in [0.1, 0.15) is 22.6 Å². The highest BCUT2D eigenvalue weighted by Crippen LogP contribution is 2.50. The van der Waals surface area contributed by atoms with Crippen LogP contribution in [0, 0.1) is 17.7 Å². The van der Waals surface area contributed by atoms with Crippen LogP contribution in [0.2, 0.25) is 0 Å². The van der Waals surface area contributed by atoms with Gasteiger partial charge in [0.2, 0.25) is 0 Å². The Bertz CT molecular complexity index is 865. The quantitative estimate of drug-likeness (QED) is 0.745. The second-order valence-corrected chi connectivity index (χ2v) is 6.89. The third-order valence-electron chi connectivity index (χ3n) is 4.90. The average molecular weight is 383 g/mol. The first-order valence-electron chi connectivity index (χ1n) is 8.62. The summed E-state index contributed by atoms with van der Waals surface area (Å²) < 4.78 is 58.2. The van der Waals surface area contributed by atoms with Crippen molar-refractivity contribution >= 4 is 5.91 Å². The summed E-state index contributed by atoms with van der Waals surface area (Å²) in [5.74, 6) is -2.20. The number of nitrogens with zero attached hydrogens (tertiary/aromatic N) is 3. The summed E-state index contributed by atoms with van der Waals surface area (Å²) in [5.41, 5.74) is 0.840. The first-order valence-corrected chi connectivity index (χ1v) is 8.62. The molecule has 1 aliphatic carbocycles. The first-order chi connectivity index (χ1) is 12.8. The van der Waals surface area contributed by atoms with Crippen LogP contribution in [0.5, 0.6) is 5.75 Å². The lowest BCUT2D eigenvalue weighted by atomic mass is 10.2. The number of fused-ring (bicyclic) bond motifs is 1. The highest BCUT2D eigenvalue weighted by Gasteiger charge is 2.56. The fourth-order valence-corrected chi connectivity index (χ4v) is 3.38. The van der Waals surface area contributed by atoms with Crippen LogP contribution in [-0.4, -0.2) is 39.9 Å². The average Bonchev–Trinajstić information content (AvgIpc) is 3.26. The Labute approximate surface area is 152 Å². The summed E-state index contributed by atoms with van der Waals surface area (Å²) in [5, 5.41) is 4.29. The second-order valence-electron chi connectivity index (χ2n) is 6.89. The molecule has 0 spiro atoms. The molecule has 4 rings (SSSR count). The summed E-state index contributed by atoms with van der Waals surface area (Å²) in [4.78, 5) is 14.0. The van der Waals surface area contributed by atoms with E-state index in [0.717, 1.165) is 0 Å². The molecule has 1 aliphatic heterocycles. The van der Waals surface area contributed by atoms with Crippen LogP contribution in [0.25, 0.3) is 0 Å². The normalized spacial score (nSPS) is 21.9. The number of hydrogen-bond donors (Lipinski definition) is 0. The first kappa shape index (κ1) is 17.8. The minimum atomic E-state index is -4.19. The maximum absolute atomic E-state index is 13.2. The zero-order valence-electron chi connectivity index (χ0n) is 14.2. The molecule has 0 N–H and O–H groups in total. The van der Waals surface area contributed by atoms with Gasteiger partial charge in [-0.05, 0) is 30.5 Å². The van der Waals surface area contributed by atoms with Gasteiger partial charge in [0.15, 0.2) is 0 Å². The minimum Gasteiger partial charge on any atom is -0.487 e. The number of aromatic nitrogens is 2. The Morgan fingerprint density at radius 3 is 2.74 bits per heavy atom. The monoisotopic (exact) mass is 383 g/mol. The van der Waals surface area contributed by atoms with Crippen molar-refractivity contribution in [2.75, 3.05) is 13.1 Å². The molecule has 0 radical (unpaired) electrons. The van der Waals surface area contributed by atoms with Crippen LogP contribution < -0.4 is 4.74 Å². The van der Waals surface area contributed by atoms with Gasteiger partial charge in [0.05, 0.1) is 12.5 Å². The van der Waals surface area contributed by atoms with Crippen LogP contribution >= 0.6 is 0 Å². The molecule has 2 unspecified atom stereocenters. The number of benzene rings is 1. The SMILES string of the molecule is O=C1c2cc(COc3cccc(F)c3)nn2CCN1CC1CC1C(F)(F)F. The molecule has 2 heterocycles. The predicted octanol–water partition coefficient (Wildman–Crippen LogP) is 3.26. The van der Waals surface area contributed by atoms with E-state index in [2.05, 4.69) is 5.10 Å². The predicted molar refractivity (Wildman–Crippen MR) is 86.5 cm³/mol. The lowest BCUT2D eigenvalue weighted by Crippen LogP contribution is -2.41. The fourth-order valence-electron chi connectivity index (χ4n) is 3.38. The number of carbonyl (C=O) groups is 1. The highest BCUT2D eigenvalue weighted by atomic mass is 19.4. The van der Waals surface area contributed by atoms with E-state index in [1.807, 2.05) is 0 Å². The number of ether oxygens (including phenoxy) is 1. The van der Waals surface area contributed by atoms with Crippen molar-refractivity contribution in [1.82, 2.24) is 14.7 Å². The summed E-state index contributed by atoms with van der Waals surface area (Å²) in [6.45, 7) is 0.933. The van der Waals surface area contributed by atoms with Crippen molar-refractivity contribution in [3.8, 4) is 5.75 Å². The lowest BCUT2D eigenvalue weighted by molar-refractivity contribution is -0.151. The Hall–Kier alpha value is -2.58. The molecule has 2 atom stereocenters. The number of hydrogen-bond acceptors (Lipinski definition) is 3. The Morgan fingerprint density at radius 1 is 1.22 bits per heavy atom. The molecule has 1 aromatic carbocycles. The molecule has 1 aromatic heterocycles. The van der Waals surface area contributed by atoms with Crippen molar-refractivity contribution in [2.24, 2.45) is 11.8 Å². The van der Waals surface area contributed by atoms with E-state index in [9.17, 15) is 22.4 Å². The van der Waals surface area contributed by atoms with E-state index >= 15 is 0 Å². The zero-order chi connectivity index (χ0) is 19.2. The maximum atomic E-state index is 13.2. The van der Waals surface area contributed by atoms with Gasteiger partial charge in [-0.1, -0.05) is 6.07 Å². The zero-order valence-corrected chi connectivity index (χ0v) is 14.2. The topological polar surface area (TPSA) is 47.4 Å². The molecule has 144 valence electrons. The van der Waals surface area contributed by atoms with Gasteiger partial charge in [-0.3, -0.25) is 9.48 Å². The van der Waals surface area contributed by atoms with E-state index in [-0.39, 0.29) is 25.5 Å². The minimum absolute atomic E-state index is 0.0650. The van der Waals surface area contributed by atoms with Crippen molar-refractivity contribution < 1.29 is 27.1 Å². The Kier molecular flexibility index (Phi) is 4.32. The molecule has 1 amide bonds. The number of halogens is 4. The van der Waals surface area contributed by atoms with E-state index in [4.69, 9.17) is 4.74 Å². The van der Waals surface area contributed by atoms with Crippen LogP contribution in [0.4, 0.5) is 17.6 Å². The van der Waals surface area contributed by atoms with Crippen LogP contribution in [0.15, 0.2) is 30.3 Å². The van der Waals surface area contributed by atoms with Gasteiger partial charge in [-0.25, -0.2) is 4.39 Å². The lowest BCUT2D eigenvalue weighted by Gasteiger charge is -2.27. The Morgan fingerprint density at radius 2 is 2.04 bits per heavy atom. The molecule has 0 saturated heterocycles. The largest absolute Gasteiger partial charge is 0.487 e. The summed E-state index contributed by atoms with van der Waals surface area (Å²) in [7, 11) is 0. The molecule has 0 bridgehead atoms. The van der Waals surface area contributed by atoms with Gasteiger partial charge >= 0.3 is 6.18 Å². The van der Waals surface area contributed by atoms with E-state index < -0.39 is 23.8 Å². The number of rotatable bonds is 5. The smallest absolute Gasteiger partial charge is 0.392 e.